The zero-order chi connectivity index (χ0) is 15.7. The molecule has 0 aliphatic carbocycles. The molecule has 0 bridgehead atoms. The van der Waals surface area contributed by atoms with E-state index in [1.54, 1.807) is 0 Å². The van der Waals surface area contributed by atoms with Crippen LogP contribution in [0.2, 0.25) is 10.0 Å². The zero-order valence-electron chi connectivity index (χ0n) is 10.5. The Kier molecular flexibility index (Phi) is 4.24. The van der Waals surface area contributed by atoms with E-state index in [0.717, 1.165) is 19.2 Å². The van der Waals surface area contributed by atoms with Gasteiger partial charge in [-0.05, 0) is 12.1 Å². The van der Waals surface area contributed by atoms with Crippen LogP contribution in [0.5, 0.6) is 0 Å². The standard InChI is InChI=1S/C12H7Cl2F2N3O2/c1-21-12(20)9-8(14)10(17)19-11(18-9)4-2-7(16)5(13)3-6(4)15/h2-3H,1H3,(H2,17,18,19). The van der Waals surface area contributed by atoms with Crippen molar-refractivity contribution in [2.45, 2.75) is 0 Å². The maximum atomic E-state index is 13.8. The van der Waals surface area contributed by atoms with Crippen molar-refractivity contribution in [1.29, 1.82) is 0 Å². The zero-order valence-corrected chi connectivity index (χ0v) is 12.0. The highest BCUT2D eigenvalue weighted by atomic mass is 35.5. The van der Waals surface area contributed by atoms with E-state index in [9.17, 15) is 13.6 Å². The summed E-state index contributed by atoms with van der Waals surface area (Å²) < 4.78 is 31.8. The van der Waals surface area contributed by atoms with Gasteiger partial charge in [0.1, 0.15) is 22.5 Å². The number of nitrogen functional groups attached to an aromatic ring is 1. The molecule has 0 amide bonds. The smallest absolute Gasteiger partial charge is 0.358 e. The highest BCUT2D eigenvalue weighted by Gasteiger charge is 2.21. The number of benzene rings is 1. The van der Waals surface area contributed by atoms with E-state index >= 15 is 0 Å². The van der Waals surface area contributed by atoms with Crippen molar-refractivity contribution in [3.05, 3.63) is 39.5 Å². The molecule has 0 radical (unpaired) electrons. The van der Waals surface area contributed by atoms with Crippen LogP contribution in [0.1, 0.15) is 10.5 Å². The van der Waals surface area contributed by atoms with Crippen LogP contribution < -0.4 is 5.73 Å². The monoisotopic (exact) mass is 333 g/mol. The van der Waals surface area contributed by atoms with Gasteiger partial charge in [0.2, 0.25) is 0 Å². The summed E-state index contributed by atoms with van der Waals surface area (Å²) in [6.45, 7) is 0. The molecule has 2 aromatic rings. The minimum atomic E-state index is -0.884. The fourth-order valence-electron chi connectivity index (χ4n) is 1.51. The normalized spacial score (nSPS) is 10.5. The van der Waals surface area contributed by atoms with Crippen LogP contribution in [0.15, 0.2) is 12.1 Å². The third-order valence-electron chi connectivity index (χ3n) is 2.51. The number of aromatic nitrogens is 2. The highest BCUT2D eigenvalue weighted by molar-refractivity contribution is 6.35. The highest BCUT2D eigenvalue weighted by Crippen LogP contribution is 2.29. The quantitative estimate of drug-likeness (QED) is 0.674. The van der Waals surface area contributed by atoms with Crippen molar-refractivity contribution in [2.75, 3.05) is 12.8 Å². The molecular weight excluding hydrogens is 327 g/mol. The Morgan fingerprint density at radius 2 is 1.90 bits per heavy atom. The number of halogens is 4. The summed E-state index contributed by atoms with van der Waals surface area (Å²) in [6, 6.07) is 1.56. The first-order valence-corrected chi connectivity index (χ1v) is 6.17. The number of nitrogens with two attached hydrogens (primary N) is 1. The third kappa shape index (κ3) is 2.88. The second kappa shape index (κ2) is 5.79. The van der Waals surface area contributed by atoms with Gasteiger partial charge in [-0.1, -0.05) is 23.2 Å². The fraction of sp³-hybridized carbons (Fsp3) is 0.0833. The Hall–Kier alpha value is -1.99. The van der Waals surface area contributed by atoms with Gasteiger partial charge in [0, 0.05) is 0 Å². The SMILES string of the molecule is COC(=O)c1nc(-c2cc(F)c(Cl)cc2F)nc(N)c1Cl. The summed E-state index contributed by atoms with van der Waals surface area (Å²) in [4.78, 5) is 19.0. The van der Waals surface area contributed by atoms with Gasteiger partial charge < -0.3 is 10.5 Å². The first kappa shape index (κ1) is 15.4. The molecule has 2 rings (SSSR count). The molecule has 9 heteroatoms. The van der Waals surface area contributed by atoms with E-state index < -0.39 is 22.6 Å². The molecule has 110 valence electrons. The molecule has 0 fully saturated rings. The lowest BCUT2D eigenvalue weighted by Crippen LogP contribution is -2.10. The largest absolute Gasteiger partial charge is 0.464 e. The summed E-state index contributed by atoms with van der Waals surface area (Å²) in [7, 11) is 1.11. The minimum absolute atomic E-state index is 0.236. The maximum absolute atomic E-state index is 13.8. The van der Waals surface area contributed by atoms with E-state index in [-0.39, 0.29) is 27.9 Å². The number of hydrogen-bond acceptors (Lipinski definition) is 5. The Morgan fingerprint density at radius 3 is 2.52 bits per heavy atom. The Labute approximate surface area is 127 Å². The number of carbonyl (C=O) groups excluding carboxylic acids is 1. The Bertz CT molecular complexity index is 741. The Balaban J connectivity index is 2.68. The molecule has 0 unspecified atom stereocenters. The number of anilines is 1. The van der Waals surface area contributed by atoms with Crippen molar-refractivity contribution >= 4 is 35.0 Å². The lowest BCUT2D eigenvalue weighted by molar-refractivity contribution is 0.0594. The molecule has 0 atom stereocenters. The summed E-state index contributed by atoms with van der Waals surface area (Å²) >= 11 is 11.2. The average molecular weight is 334 g/mol. The molecule has 0 aliphatic rings. The molecule has 0 aliphatic heterocycles. The molecule has 0 saturated carbocycles. The van der Waals surface area contributed by atoms with E-state index in [4.69, 9.17) is 28.9 Å². The fourth-order valence-corrected chi connectivity index (χ4v) is 1.82. The summed E-state index contributed by atoms with van der Waals surface area (Å²) in [6.07, 6.45) is 0. The van der Waals surface area contributed by atoms with E-state index in [2.05, 4.69) is 14.7 Å². The Morgan fingerprint density at radius 1 is 1.24 bits per heavy atom. The number of carbonyl (C=O) groups is 1. The third-order valence-corrected chi connectivity index (χ3v) is 3.17. The van der Waals surface area contributed by atoms with Gasteiger partial charge in [-0.3, -0.25) is 0 Å². The topological polar surface area (TPSA) is 78.1 Å². The number of hydrogen-bond donors (Lipinski definition) is 1. The van der Waals surface area contributed by atoms with E-state index in [0.29, 0.717) is 0 Å². The van der Waals surface area contributed by atoms with Gasteiger partial charge in [0.05, 0.1) is 17.7 Å². The van der Waals surface area contributed by atoms with Gasteiger partial charge in [0.15, 0.2) is 11.5 Å². The van der Waals surface area contributed by atoms with Crippen molar-refractivity contribution < 1.29 is 18.3 Å². The summed E-state index contributed by atoms with van der Waals surface area (Å²) in [5.74, 6) is -3.21. The van der Waals surface area contributed by atoms with Crippen molar-refractivity contribution in [2.24, 2.45) is 0 Å². The number of methoxy groups -OCH3 is 1. The minimum Gasteiger partial charge on any atom is -0.464 e. The van der Waals surface area contributed by atoms with E-state index in [1.807, 2.05) is 0 Å². The molecule has 1 aromatic carbocycles. The van der Waals surface area contributed by atoms with Crippen LogP contribution in [0, 0.1) is 11.6 Å². The molecule has 5 nitrogen and oxygen atoms in total. The van der Waals surface area contributed by atoms with Crippen molar-refractivity contribution in [1.82, 2.24) is 9.97 Å². The predicted molar refractivity (Wildman–Crippen MR) is 73.2 cm³/mol. The van der Waals surface area contributed by atoms with Crippen LogP contribution in [-0.4, -0.2) is 23.0 Å². The van der Waals surface area contributed by atoms with E-state index in [1.165, 1.54) is 0 Å². The van der Waals surface area contributed by atoms with Gasteiger partial charge in [-0.2, -0.15) is 0 Å². The van der Waals surface area contributed by atoms with Crippen LogP contribution in [-0.2, 0) is 4.74 Å². The van der Waals surface area contributed by atoms with Crippen LogP contribution >= 0.6 is 23.2 Å². The molecular formula is C12H7Cl2F2N3O2. The second-order valence-electron chi connectivity index (χ2n) is 3.83. The number of ether oxygens (including phenoxy) is 1. The first-order chi connectivity index (χ1) is 9.85. The summed E-state index contributed by atoms with van der Waals surface area (Å²) in [5, 5.41) is -0.633. The van der Waals surface area contributed by atoms with Gasteiger partial charge in [-0.25, -0.2) is 23.5 Å². The van der Waals surface area contributed by atoms with Crippen LogP contribution in [0.3, 0.4) is 0 Å². The molecule has 0 saturated heterocycles. The van der Waals surface area contributed by atoms with Crippen molar-refractivity contribution in [3.8, 4) is 11.4 Å². The maximum Gasteiger partial charge on any atom is 0.358 e. The molecule has 1 heterocycles. The molecule has 1 aromatic heterocycles. The molecule has 0 spiro atoms. The number of rotatable bonds is 2. The number of nitrogens with zero attached hydrogens (tertiary/aromatic N) is 2. The van der Waals surface area contributed by atoms with Gasteiger partial charge in [-0.15, -0.1) is 0 Å². The van der Waals surface area contributed by atoms with Gasteiger partial charge >= 0.3 is 5.97 Å². The average Bonchev–Trinajstić information content (AvgIpc) is 2.45. The lowest BCUT2D eigenvalue weighted by Gasteiger charge is -2.08. The second-order valence-corrected chi connectivity index (χ2v) is 4.62. The van der Waals surface area contributed by atoms with Crippen LogP contribution in [0.25, 0.3) is 11.4 Å². The summed E-state index contributed by atoms with van der Waals surface area (Å²) in [5.41, 5.74) is 4.87. The molecule has 2 N–H and O–H groups in total. The number of esters is 1. The lowest BCUT2D eigenvalue weighted by atomic mass is 10.2. The first-order valence-electron chi connectivity index (χ1n) is 5.41. The van der Waals surface area contributed by atoms with Gasteiger partial charge in [0.25, 0.3) is 0 Å². The predicted octanol–water partition coefficient (Wildman–Crippen LogP) is 3.10. The van der Waals surface area contributed by atoms with Crippen molar-refractivity contribution in [3.63, 3.8) is 0 Å². The molecule has 21 heavy (non-hydrogen) atoms. The van der Waals surface area contributed by atoms with Crippen LogP contribution in [0.4, 0.5) is 14.6 Å².